The molecule has 0 aromatic heterocycles. The van der Waals surface area contributed by atoms with E-state index in [9.17, 15) is 24.8 Å². The first-order valence-corrected chi connectivity index (χ1v) is 7.07. The summed E-state index contributed by atoms with van der Waals surface area (Å²) in [6.45, 7) is 5.02. The number of alkyl carbamates (subject to hydrolysis) is 1. The van der Waals surface area contributed by atoms with E-state index in [-0.39, 0.29) is 6.42 Å². The first kappa shape index (κ1) is 19.2. The van der Waals surface area contributed by atoms with E-state index in [0.29, 0.717) is 5.56 Å². The zero-order valence-corrected chi connectivity index (χ0v) is 13.9. The molecule has 0 saturated heterocycles. The summed E-state index contributed by atoms with van der Waals surface area (Å²) in [5, 5.41) is 22.7. The zero-order chi connectivity index (χ0) is 18.5. The summed E-state index contributed by atoms with van der Waals surface area (Å²) in [6.07, 6.45) is -0.832. The lowest BCUT2D eigenvalue weighted by atomic mass is 10.1. The maximum atomic E-state index is 11.8. The average Bonchev–Trinajstić information content (AvgIpc) is 2.43. The molecule has 9 nitrogen and oxygen atoms in total. The minimum absolute atomic E-state index is 0.0303. The number of methoxy groups -OCH3 is 1. The van der Waals surface area contributed by atoms with Crippen molar-refractivity contribution in [3.05, 3.63) is 33.9 Å². The van der Waals surface area contributed by atoms with Crippen LogP contribution in [-0.2, 0) is 20.7 Å². The molecule has 1 amide bonds. The van der Waals surface area contributed by atoms with Crippen molar-refractivity contribution in [3.63, 3.8) is 0 Å². The van der Waals surface area contributed by atoms with E-state index in [4.69, 9.17) is 4.74 Å². The number of nitro benzene ring substituents is 1. The second kappa shape index (κ2) is 7.62. The minimum atomic E-state index is -1.06. The Hall–Kier alpha value is -2.84. The van der Waals surface area contributed by atoms with Gasteiger partial charge in [-0.15, -0.1) is 0 Å². The van der Waals surface area contributed by atoms with Gasteiger partial charge in [0.05, 0.1) is 12.0 Å². The van der Waals surface area contributed by atoms with Gasteiger partial charge in [0.1, 0.15) is 11.6 Å². The van der Waals surface area contributed by atoms with Gasteiger partial charge in [-0.3, -0.25) is 10.1 Å². The number of nitrogens with one attached hydrogen (secondary N) is 1. The van der Waals surface area contributed by atoms with E-state index in [0.717, 1.165) is 12.1 Å². The number of rotatable bonds is 5. The van der Waals surface area contributed by atoms with Crippen LogP contribution in [0.5, 0.6) is 5.75 Å². The standard InChI is InChI=1S/C15H20N2O7/c1-15(2,3)24-14(20)16-10(13(19)23-4)7-9-5-6-11(17(21)22)12(18)8-9/h5-6,8,10,18H,7H2,1-4H3,(H,16,20). The Bertz CT molecular complexity index is 637. The number of benzene rings is 1. The fourth-order valence-corrected chi connectivity index (χ4v) is 1.87. The number of carbonyl (C=O) groups excluding carboxylic acids is 2. The number of ether oxygens (including phenoxy) is 2. The second-order valence-corrected chi connectivity index (χ2v) is 6.01. The number of aromatic hydroxyl groups is 1. The number of phenolic OH excluding ortho intramolecular Hbond substituents is 1. The van der Waals surface area contributed by atoms with Gasteiger partial charge in [-0.05, 0) is 32.4 Å². The number of nitrogens with zero attached hydrogens (tertiary/aromatic N) is 1. The monoisotopic (exact) mass is 340 g/mol. The number of carbonyl (C=O) groups is 2. The van der Waals surface area contributed by atoms with Crippen molar-refractivity contribution in [2.45, 2.75) is 38.8 Å². The lowest BCUT2D eigenvalue weighted by molar-refractivity contribution is -0.385. The van der Waals surface area contributed by atoms with Crippen LogP contribution in [0, 0.1) is 10.1 Å². The first-order chi connectivity index (χ1) is 11.0. The Morgan fingerprint density at radius 2 is 2.00 bits per heavy atom. The van der Waals surface area contributed by atoms with Crippen molar-refractivity contribution in [2.24, 2.45) is 0 Å². The summed E-state index contributed by atoms with van der Waals surface area (Å²) in [4.78, 5) is 33.6. The fraction of sp³-hybridized carbons (Fsp3) is 0.467. The summed E-state index contributed by atoms with van der Waals surface area (Å²) in [5.41, 5.74) is -0.783. The first-order valence-electron chi connectivity index (χ1n) is 7.07. The summed E-state index contributed by atoms with van der Waals surface area (Å²) < 4.78 is 9.71. The molecular formula is C15H20N2O7. The van der Waals surface area contributed by atoms with Crippen LogP contribution in [-0.4, -0.2) is 40.8 Å². The maximum Gasteiger partial charge on any atom is 0.408 e. The van der Waals surface area contributed by atoms with Crippen LogP contribution < -0.4 is 5.32 Å². The summed E-state index contributed by atoms with van der Waals surface area (Å²) >= 11 is 0. The van der Waals surface area contributed by atoms with E-state index in [1.807, 2.05) is 0 Å². The van der Waals surface area contributed by atoms with Gasteiger partial charge in [0.25, 0.3) is 0 Å². The molecule has 1 aromatic rings. The van der Waals surface area contributed by atoms with Gasteiger partial charge in [0.15, 0.2) is 5.75 Å². The molecular weight excluding hydrogens is 320 g/mol. The van der Waals surface area contributed by atoms with Crippen LogP contribution in [0.4, 0.5) is 10.5 Å². The molecule has 24 heavy (non-hydrogen) atoms. The number of hydrogen-bond acceptors (Lipinski definition) is 7. The third-order valence-corrected chi connectivity index (χ3v) is 2.85. The molecule has 1 unspecified atom stereocenters. The third kappa shape index (κ3) is 5.75. The summed E-state index contributed by atoms with van der Waals surface area (Å²) in [6, 6.07) is 2.59. The predicted octanol–water partition coefficient (Wildman–Crippen LogP) is 1.91. The van der Waals surface area contributed by atoms with Crippen LogP contribution in [0.3, 0.4) is 0 Å². The van der Waals surface area contributed by atoms with Crippen LogP contribution in [0.2, 0.25) is 0 Å². The van der Waals surface area contributed by atoms with E-state index in [1.54, 1.807) is 20.8 Å². The SMILES string of the molecule is COC(=O)C(Cc1ccc([N+](=O)[O-])c(O)c1)NC(=O)OC(C)(C)C. The van der Waals surface area contributed by atoms with E-state index >= 15 is 0 Å². The van der Waals surface area contributed by atoms with Crippen molar-refractivity contribution in [1.82, 2.24) is 5.32 Å². The molecule has 1 aromatic carbocycles. The third-order valence-electron chi connectivity index (χ3n) is 2.85. The Kier molecular flexibility index (Phi) is 6.10. The quantitative estimate of drug-likeness (QED) is 0.476. The molecule has 1 atom stereocenters. The number of hydrogen-bond donors (Lipinski definition) is 2. The Morgan fingerprint density at radius 3 is 2.46 bits per heavy atom. The highest BCUT2D eigenvalue weighted by Crippen LogP contribution is 2.26. The smallest absolute Gasteiger partial charge is 0.408 e. The van der Waals surface area contributed by atoms with Gasteiger partial charge in [0, 0.05) is 12.5 Å². The Labute approximate surface area is 138 Å². The second-order valence-electron chi connectivity index (χ2n) is 6.01. The Morgan fingerprint density at radius 1 is 1.38 bits per heavy atom. The van der Waals surface area contributed by atoms with Crippen molar-refractivity contribution in [3.8, 4) is 5.75 Å². The highest BCUT2D eigenvalue weighted by atomic mass is 16.6. The molecule has 0 saturated carbocycles. The fourth-order valence-electron chi connectivity index (χ4n) is 1.87. The molecule has 0 bridgehead atoms. The highest BCUT2D eigenvalue weighted by molar-refractivity contribution is 5.81. The minimum Gasteiger partial charge on any atom is -0.502 e. The van der Waals surface area contributed by atoms with Crippen LogP contribution in [0.15, 0.2) is 18.2 Å². The molecule has 0 aliphatic heterocycles. The normalized spacial score (nSPS) is 12.2. The summed E-state index contributed by atoms with van der Waals surface area (Å²) in [7, 11) is 1.17. The van der Waals surface area contributed by atoms with Crippen LogP contribution >= 0.6 is 0 Å². The van der Waals surface area contributed by atoms with Gasteiger partial charge in [-0.25, -0.2) is 9.59 Å². The molecule has 0 fully saturated rings. The van der Waals surface area contributed by atoms with Gasteiger partial charge < -0.3 is 19.9 Å². The van der Waals surface area contributed by atoms with Crippen molar-refractivity contribution >= 4 is 17.7 Å². The van der Waals surface area contributed by atoms with Crippen molar-refractivity contribution in [1.29, 1.82) is 0 Å². The number of esters is 1. The highest BCUT2D eigenvalue weighted by Gasteiger charge is 2.26. The molecule has 132 valence electrons. The molecule has 1 rings (SSSR count). The van der Waals surface area contributed by atoms with Gasteiger partial charge in [0.2, 0.25) is 0 Å². The molecule has 9 heteroatoms. The largest absolute Gasteiger partial charge is 0.502 e. The Balaban J connectivity index is 2.91. The van der Waals surface area contributed by atoms with E-state index in [1.165, 1.54) is 13.2 Å². The number of phenols is 1. The molecule has 0 aliphatic carbocycles. The lowest BCUT2D eigenvalue weighted by Crippen LogP contribution is -2.45. The van der Waals surface area contributed by atoms with Gasteiger partial charge in [-0.1, -0.05) is 6.07 Å². The molecule has 0 radical (unpaired) electrons. The maximum absolute atomic E-state index is 11.8. The van der Waals surface area contributed by atoms with Crippen molar-refractivity contribution < 1.29 is 29.1 Å². The van der Waals surface area contributed by atoms with E-state index in [2.05, 4.69) is 10.1 Å². The number of nitro groups is 1. The molecule has 0 spiro atoms. The van der Waals surface area contributed by atoms with E-state index < -0.39 is 40.1 Å². The molecule has 2 N–H and O–H groups in total. The lowest BCUT2D eigenvalue weighted by Gasteiger charge is -2.22. The predicted molar refractivity (Wildman–Crippen MR) is 83.6 cm³/mol. The molecule has 0 heterocycles. The number of amides is 1. The van der Waals surface area contributed by atoms with Gasteiger partial charge in [-0.2, -0.15) is 0 Å². The van der Waals surface area contributed by atoms with Crippen LogP contribution in [0.1, 0.15) is 26.3 Å². The topological polar surface area (TPSA) is 128 Å². The van der Waals surface area contributed by atoms with Crippen molar-refractivity contribution in [2.75, 3.05) is 7.11 Å². The average molecular weight is 340 g/mol. The zero-order valence-electron chi connectivity index (χ0n) is 13.9. The van der Waals surface area contributed by atoms with Gasteiger partial charge >= 0.3 is 17.7 Å². The summed E-state index contributed by atoms with van der Waals surface area (Å²) in [5.74, 6) is -1.24. The molecule has 0 aliphatic rings. The van der Waals surface area contributed by atoms with Crippen LogP contribution in [0.25, 0.3) is 0 Å².